The minimum Gasteiger partial charge on any atom is -0.299 e. The van der Waals surface area contributed by atoms with E-state index in [-0.39, 0.29) is 5.91 Å². The summed E-state index contributed by atoms with van der Waals surface area (Å²) in [6.07, 6.45) is 3.94. The number of nitrogen functional groups attached to an aromatic ring is 1. The van der Waals surface area contributed by atoms with Crippen LogP contribution in [0.2, 0.25) is 0 Å². The van der Waals surface area contributed by atoms with E-state index >= 15 is 0 Å². The molecule has 5 heteroatoms. The summed E-state index contributed by atoms with van der Waals surface area (Å²) in [5.41, 5.74) is 4.03. The van der Waals surface area contributed by atoms with Gasteiger partial charge in [0.2, 0.25) is 0 Å². The van der Waals surface area contributed by atoms with Gasteiger partial charge in [0.15, 0.2) is 0 Å². The highest BCUT2D eigenvalue weighted by molar-refractivity contribution is 5.93. The predicted molar refractivity (Wildman–Crippen MR) is 82.6 cm³/mol. The Bertz CT molecular complexity index is 488. The summed E-state index contributed by atoms with van der Waals surface area (Å²) in [5, 5.41) is 0. The van der Waals surface area contributed by atoms with Crippen LogP contribution in [0, 0.1) is 0 Å². The molecule has 0 saturated carbocycles. The molecule has 0 bridgehead atoms. The number of nitrogens with zero attached hydrogens (tertiary/aromatic N) is 2. The molecular weight excluding hydrogens is 264 g/mol. The van der Waals surface area contributed by atoms with Crippen LogP contribution in [0.1, 0.15) is 35.2 Å². The fourth-order valence-electron chi connectivity index (χ4n) is 3.53. The third-order valence-corrected chi connectivity index (χ3v) is 4.64. The van der Waals surface area contributed by atoms with Gasteiger partial charge < -0.3 is 0 Å². The van der Waals surface area contributed by atoms with E-state index in [1.54, 1.807) is 0 Å². The Labute approximate surface area is 126 Å². The zero-order chi connectivity index (χ0) is 14.7. The van der Waals surface area contributed by atoms with Gasteiger partial charge in [-0.2, -0.15) is 0 Å². The smallest absolute Gasteiger partial charge is 0.265 e. The van der Waals surface area contributed by atoms with E-state index in [1.165, 1.54) is 44.5 Å². The average Bonchev–Trinajstić information content (AvgIpc) is 2.86. The Morgan fingerprint density at radius 1 is 1.19 bits per heavy atom. The van der Waals surface area contributed by atoms with Gasteiger partial charge in [0.25, 0.3) is 5.91 Å². The number of hydrogen-bond acceptors (Lipinski definition) is 4. The van der Waals surface area contributed by atoms with Crippen LogP contribution in [0.15, 0.2) is 24.3 Å². The van der Waals surface area contributed by atoms with Crippen LogP contribution in [-0.2, 0) is 6.54 Å². The molecule has 2 saturated heterocycles. The van der Waals surface area contributed by atoms with E-state index in [0.717, 1.165) is 19.1 Å². The Morgan fingerprint density at radius 2 is 1.95 bits per heavy atom. The molecule has 3 rings (SSSR count). The van der Waals surface area contributed by atoms with E-state index in [2.05, 4.69) is 15.2 Å². The number of nitrogens with two attached hydrogens (primary N) is 1. The third kappa shape index (κ3) is 3.43. The second kappa shape index (κ2) is 6.56. The highest BCUT2D eigenvalue weighted by Gasteiger charge is 2.28. The molecule has 2 heterocycles. The molecule has 5 nitrogen and oxygen atoms in total. The molecule has 0 spiro atoms. The number of hydrogen-bond donors (Lipinski definition) is 2. The lowest BCUT2D eigenvalue weighted by molar-refractivity contribution is 0.0953. The Balaban J connectivity index is 1.61. The van der Waals surface area contributed by atoms with Crippen molar-refractivity contribution in [2.75, 3.05) is 26.2 Å². The summed E-state index contributed by atoms with van der Waals surface area (Å²) in [7, 11) is 0. The van der Waals surface area contributed by atoms with Crippen molar-refractivity contribution in [3.8, 4) is 0 Å². The molecule has 0 aliphatic carbocycles. The molecule has 21 heavy (non-hydrogen) atoms. The summed E-state index contributed by atoms with van der Waals surface area (Å²) in [6, 6.07) is 8.49. The summed E-state index contributed by atoms with van der Waals surface area (Å²) in [6.45, 7) is 5.83. The van der Waals surface area contributed by atoms with Crippen molar-refractivity contribution < 1.29 is 4.79 Å². The van der Waals surface area contributed by atoms with Gasteiger partial charge >= 0.3 is 0 Å². The minimum atomic E-state index is -0.238. The molecule has 1 atom stereocenters. The number of hydrazine groups is 1. The molecule has 114 valence electrons. The summed E-state index contributed by atoms with van der Waals surface area (Å²) in [5.74, 6) is 4.91. The van der Waals surface area contributed by atoms with E-state index in [1.807, 2.05) is 24.3 Å². The van der Waals surface area contributed by atoms with E-state index < -0.39 is 0 Å². The fourth-order valence-corrected chi connectivity index (χ4v) is 3.53. The van der Waals surface area contributed by atoms with Crippen LogP contribution in [0.25, 0.3) is 0 Å². The van der Waals surface area contributed by atoms with Crippen LogP contribution in [0.3, 0.4) is 0 Å². The largest absolute Gasteiger partial charge is 0.299 e. The third-order valence-electron chi connectivity index (χ3n) is 4.64. The van der Waals surface area contributed by atoms with Crippen molar-refractivity contribution >= 4 is 5.91 Å². The van der Waals surface area contributed by atoms with Crippen LogP contribution in [-0.4, -0.2) is 47.9 Å². The van der Waals surface area contributed by atoms with E-state index in [4.69, 9.17) is 5.84 Å². The number of rotatable bonds is 3. The quantitative estimate of drug-likeness (QED) is 0.494. The van der Waals surface area contributed by atoms with Crippen molar-refractivity contribution in [1.82, 2.24) is 15.2 Å². The number of carbonyl (C=O) groups is 1. The van der Waals surface area contributed by atoms with Crippen molar-refractivity contribution in [1.29, 1.82) is 0 Å². The zero-order valence-electron chi connectivity index (χ0n) is 12.4. The lowest BCUT2D eigenvalue weighted by atomic mass is 10.1. The highest BCUT2D eigenvalue weighted by atomic mass is 16.2. The number of carbonyl (C=O) groups excluding carboxylic acids is 1. The minimum absolute atomic E-state index is 0.238. The average molecular weight is 288 g/mol. The zero-order valence-corrected chi connectivity index (χ0v) is 12.4. The molecule has 0 radical (unpaired) electrons. The molecule has 1 amide bonds. The topological polar surface area (TPSA) is 61.6 Å². The van der Waals surface area contributed by atoms with Crippen molar-refractivity contribution in [3.63, 3.8) is 0 Å². The number of benzene rings is 1. The van der Waals surface area contributed by atoms with Crippen LogP contribution in [0.4, 0.5) is 0 Å². The van der Waals surface area contributed by atoms with Gasteiger partial charge in [0.05, 0.1) is 0 Å². The lowest BCUT2D eigenvalue weighted by Crippen LogP contribution is -2.36. The van der Waals surface area contributed by atoms with Gasteiger partial charge in [-0.1, -0.05) is 12.1 Å². The molecule has 2 fully saturated rings. The molecule has 2 aliphatic rings. The van der Waals surface area contributed by atoms with Crippen LogP contribution in [0.5, 0.6) is 0 Å². The SMILES string of the molecule is NNC(=O)c1ccc(CN2CCCN3CCCC3C2)cc1. The van der Waals surface area contributed by atoms with Gasteiger partial charge in [-0.15, -0.1) is 0 Å². The van der Waals surface area contributed by atoms with Crippen molar-refractivity contribution in [2.24, 2.45) is 5.84 Å². The van der Waals surface area contributed by atoms with Gasteiger partial charge in [0, 0.05) is 24.7 Å². The molecular formula is C16H24N4O. The monoisotopic (exact) mass is 288 g/mol. The Kier molecular flexibility index (Phi) is 4.53. The first-order valence-electron chi connectivity index (χ1n) is 7.82. The number of amides is 1. The summed E-state index contributed by atoms with van der Waals surface area (Å²) < 4.78 is 0. The Hall–Kier alpha value is -1.43. The van der Waals surface area contributed by atoms with Crippen LogP contribution < -0.4 is 11.3 Å². The van der Waals surface area contributed by atoms with E-state index in [0.29, 0.717) is 5.56 Å². The number of fused-ring (bicyclic) bond motifs is 1. The van der Waals surface area contributed by atoms with Crippen LogP contribution >= 0.6 is 0 Å². The molecule has 1 aromatic carbocycles. The standard InChI is InChI=1S/C16H24N4O/c17-18-16(21)14-6-4-13(5-7-14)11-19-8-2-10-20-9-1-3-15(20)12-19/h4-7,15H,1-3,8-12,17H2,(H,18,21). The Morgan fingerprint density at radius 3 is 2.71 bits per heavy atom. The predicted octanol–water partition coefficient (Wildman–Crippen LogP) is 0.960. The lowest BCUT2D eigenvalue weighted by Gasteiger charge is -2.25. The first-order chi connectivity index (χ1) is 10.3. The highest BCUT2D eigenvalue weighted by Crippen LogP contribution is 2.22. The molecule has 0 aromatic heterocycles. The van der Waals surface area contributed by atoms with Gasteiger partial charge in [-0.3, -0.25) is 20.0 Å². The molecule has 1 aromatic rings. The van der Waals surface area contributed by atoms with Crippen molar-refractivity contribution in [3.05, 3.63) is 35.4 Å². The maximum Gasteiger partial charge on any atom is 0.265 e. The molecule has 2 aliphatic heterocycles. The maximum atomic E-state index is 11.4. The molecule has 3 N–H and O–H groups in total. The van der Waals surface area contributed by atoms with Gasteiger partial charge in [0.1, 0.15) is 0 Å². The van der Waals surface area contributed by atoms with Gasteiger partial charge in [-0.05, 0) is 56.6 Å². The molecule has 1 unspecified atom stereocenters. The van der Waals surface area contributed by atoms with Gasteiger partial charge in [-0.25, -0.2) is 5.84 Å². The summed E-state index contributed by atoms with van der Waals surface area (Å²) >= 11 is 0. The second-order valence-corrected chi connectivity index (χ2v) is 6.09. The fraction of sp³-hybridized carbons (Fsp3) is 0.562. The first kappa shape index (κ1) is 14.5. The van der Waals surface area contributed by atoms with E-state index in [9.17, 15) is 4.79 Å². The summed E-state index contributed by atoms with van der Waals surface area (Å²) in [4.78, 5) is 16.6. The maximum absolute atomic E-state index is 11.4. The normalized spacial score (nSPS) is 23.6. The first-order valence-corrected chi connectivity index (χ1v) is 7.82. The second-order valence-electron chi connectivity index (χ2n) is 6.09. The number of nitrogens with one attached hydrogen (secondary N) is 1. The van der Waals surface area contributed by atoms with Crippen molar-refractivity contribution in [2.45, 2.75) is 31.8 Å².